The number of aliphatic hydroxyl groups is 2. The minimum Gasteiger partial charge on any atom is -0.396 e. The maximum absolute atomic E-state index is 8.51. The summed E-state index contributed by atoms with van der Waals surface area (Å²) in [6.45, 7) is 0.572. The van der Waals surface area contributed by atoms with Crippen LogP contribution in [0.15, 0.2) is 0 Å². The van der Waals surface area contributed by atoms with Gasteiger partial charge in [-0.15, -0.1) is 11.8 Å². The lowest BCUT2D eigenvalue weighted by atomic mass is 10.2. The van der Waals surface area contributed by atoms with Crippen LogP contribution in [-0.4, -0.2) is 23.4 Å². The zero-order chi connectivity index (χ0) is 9.78. The van der Waals surface area contributed by atoms with E-state index in [0.29, 0.717) is 6.61 Å². The summed E-state index contributed by atoms with van der Waals surface area (Å²) in [5, 5.41) is 17.0. The van der Waals surface area contributed by atoms with Gasteiger partial charge in [-0.3, -0.25) is 0 Å². The van der Waals surface area contributed by atoms with E-state index in [9.17, 15) is 0 Å². The number of rotatable bonds is 7. The van der Waals surface area contributed by atoms with Crippen LogP contribution in [0, 0.1) is 11.8 Å². The first-order chi connectivity index (χ1) is 6.41. The molecule has 13 heavy (non-hydrogen) atoms. The van der Waals surface area contributed by atoms with Gasteiger partial charge in [0.15, 0.2) is 0 Å². The minimum absolute atomic E-state index is 0.276. The number of hydrogen-bond donors (Lipinski definition) is 2. The van der Waals surface area contributed by atoms with E-state index < -0.39 is 0 Å². The van der Waals surface area contributed by atoms with Gasteiger partial charge in [0.1, 0.15) is 0 Å². The standard InChI is InChI=1S/C11H20O2/c12-10-8-6-4-2-1-3-5-7-9-11-13/h12-13H,2,4-11H2. The van der Waals surface area contributed by atoms with Crippen molar-refractivity contribution in [3.8, 4) is 11.8 Å². The fraction of sp³-hybridized carbons (Fsp3) is 0.818. The predicted molar refractivity (Wildman–Crippen MR) is 54.3 cm³/mol. The molecule has 0 aromatic heterocycles. The predicted octanol–water partition coefficient (Wildman–Crippen LogP) is 1.71. The third-order valence-corrected chi connectivity index (χ3v) is 1.79. The lowest BCUT2D eigenvalue weighted by molar-refractivity contribution is 0.283. The summed E-state index contributed by atoms with van der Waals surface area (Å²) in [4.78, 5) is 0. The average molecular weight is 184 g/mol. The molecular formula is C11H20O2. The summed E-state index contributed by atoms with van der Waals surface area (Å²) in [6.07, 6.45) is 6.76. The molecule has 0 rings (SSSR count). The first-order valence-electron chi connectivity index (χ1n) is 5.09. The highest BCUT2D eigenvalue weighted by atomic mass is 16.3. The maximum Gasteiger partial charge on any atom is 0.0431 e. The van der Waals surface area contributed by atoms with Gasteiger partial charge in [0.05, 0.1) is 0 Å². The Bertz CT molecular complexity index is 144. The summed E-state index contributed by atoms with van der Waals surface area (Å²) in [7, 11) is 0. The van der Waals surface area contributed by atoms with Gasteiger partial charge in [-0.05, 0) is 25.7 Å². The third kappa shape index (κ3) is 11.5. The second-order valence-electron chi connectivity index (χ2n) is 3.07. The number of hydrogen-bond acceptors (Lipinski definition) is 2. The Morgan fingerprint density at radius 2 is 1.08 bits per heavy atom. The Labute approximate surface area is 81.0 Å². The number of aliphatic hydroxyl groups excluding tert-OH is 2. The molecule has 0 radical (unpaired) electrons. The molecule has 0 unspecified atom stereocenters. The van der Waals surface area contributed by atoms with Crippen LogP contribution in [0.5, 0.6) is 0 Å². The van der Waals surface area contributed by atoms with Crippen molar-refractivity contribution in [3.05, 3.63) is 0 Å². The van der Waals surface area contributed by atoms with Crippen LogP contribution >= 0.6 is 0 Å². The molecule has 0 aliphatic heterocycles. The second-order valence-corrected chi connectivity index (χ2v) is 3.07. The van der Waals surface area contributed by atoms with Gasteiger partial charge in [-0.2, -0.15) is 0 Å². The van der Waals surface area contributed by atoms with Crippen LogP contribution in [0.1, 0.15) is 44.9 Å². The van der Waals surface area contributed by atoms with Crippen LogP contribution < -0.4 is 0 Å². The van der Waals surface area contributed by atoms with Crippen molar-refractivity contribution in [2.45, 2.75) is 44.9 Å². The van der Waals surface area contributed by atoms with Crippen molar-refractivity contribution in [3.63, 3.8) is 0 Å². The van der Waals surface area contributed by atoms with Crippen molar-refractivity contribution in [1.29, 1.82) is 0 Å². The van der Waals surface area contributed by atoms with Crippen molar-refractivity contribution < 1.29 is 10.2 Å². The average Bonchev–Trinajstić information content (AvgIpc) is 2.16. The Kier molecular flexibility index (Phi) is 11.0. The first-order valence-corrected chi connectivity index (χ1v) is 5.09. The van der Waals surface area contributed by atoms with Gasteiger partial charge in [-0.1, -0.05) is 6.42 Å². The third-order valence-electron chi connectivity index (χ3n) is 1.79. The van der Waals surface area contributed by atoms with Crippen LogP contribution in [-0.2, 0) is 0 Å². The van der Waals surface area contributed by atoms with Crippen molar-refractivity contribution in [2.24, 2.45) is 0 Å². The molecule has 0 fully saturated rings. The smallest absolute Gasteiger partial charge is 0.0431 e. The van der Waals surface area contributed by atoms with E-state index in [4.69, 9.17) is 10.2 Å². The fourth-order valence-electron chi connectivity index (χ4n) is 1.00. The zero-order valence-corrected chi connectivity index (χ0v) is 8.26. The molecule has 0 heterocycles. The summed E-state index contributed by atoms with van der Waals surface area (Å²) in [5.74, 6) is 6.16. The molecule has 0 spiro atoms. The molecule has 0 aromatic rings. The van der Waals surface area contributed by atoms with Gasteiger partial charge in [0, 0.05) is 26.1 Å². The van der Waals surface area contributed by atoms with Crippen LogP contribution in [0.4, 0.5) is 0 Å². The lowest BCUT2D eigenvalue weighted by Crippen LogP contribution is -1.82. The lowest BCUT2D eigenvalue weighted by Gasteiger charge is -1.92. The highest BCUT2D eigenvalue weighted by Crippen LogP contribution is 1.98. The van der Waals surface area contributed by atoms with Crippen LogP contribution in [0.2, 0.25) is 0 Å². The van der Waals surface area contributed by atoms with Crippen molar-refractivity contribution in [2.75, 3.05) is 13.2 Å². The molecule has 2 nitrogen and oxygen atoms in total. The van der Waals surface area contributed by atoms with E-state index in [-0.39, 0.29) is 6.61 Å². The van der Waals surface area contributed by atoms with Gasteiger partial charge >= 0.3 is 0 Å². The van der Waals surface area contributed by atoms with Crippen LogP contribution in [0.25, 0.3) is 0 Å². The van der Waals surface area contributed by atoms with Crippen molar-refractivity contribution in [1.82, 2.24) is 0 Å². The SMILES string of the molecule is OCCCCC#CCCCCCO. The topological polar surface area (TPSA) is 40.5 Å². The molecule has 0 aliphatic rings. The van der Waals surface area contributed by atoms with Crippen molar-refractivity contribution >= 4 is 0 Å². The molecule has 0 atom stereocenters. The highest BCUT2D eigenvalue weighted by molar-refractivity contribution is 4.98. The molecule has 0 amide bonds. The summed E-state index contributed by atoms with van der Waals surface area (Å²) >= 11 is 0. The van der Waals surface area contributed by atoms with E-state index in [2.05, 4.69) is 11.8 Å². The molecule has 0 aromatic carbocycles. The Morgan fingerprint density at radius 1 is 0.615 bits per heavy atom. The Morgan fingerprint density at radius 3 is 1.62 bits per heavy atom. The summed E-state index contributed by atoms with van der Waals surface area (Å²) in [5.41, 5.74) is 0. The second kappa shape index (κ2) is 11.5. The summed E-state index contributed by atoms with van der Waals surface area (Å²) in [6, 6.07) is 0. The van der Waals surface area contributed by atoms with Crippen LogP contribution in [0.3, 0.4) is 0 Å². The van der Waals surface area contributed by atoms with Gasteiger partial charge in [0.25, 0.3) is 0 Å². The first kappa shape index (κ1) is 12.5. The van der Waals surface area contributed by atoms with E-state index in [0.717, 1.165) is 44.9 Å². The summed E-state index contributed by atoms with van der Waals surface area (Å²) < 4.78 is 0. The van der Waals surface area contributed by atoms with Gasteiger partial charge in [0.2, 0.25) is 0 Å². The normalized spacial score (nSPS) is 9.38. The minimum atomic E-state index is 0.276. The highest BCUT2D eigenvalue weighted by Gasteiger charge is 1.84. The molecule has 0 aliphatic carbocycles. The molecule has 0 bridgehead atoms. The van der Waals surface area contributed by atoms with E-state index in [1.807, 2.05) is 0 Å². The fourth-order valence-corrected chi connectivity index (χ4v) is 1.00. The largest absolute Gasteiger partial charge is 0.396 e. The van der Waals surface area contributed by atoms with Gasteiger partial charge in [-0.25, -0.2) is 0 Å². The molecule has 76 valence electrons. The maximum atomic E-state index is 8.51. The molecule has 2 heteroatoms. The van der Waals surface area contributed by atoms with E-state index in [1.165, 1.54) is 0 Å². The molecular weight excluding hydrogens is 164 g/mol. The van der Waals surface area contributed by atoms with E-state index in [1.54, 1.807) is 0 Å². The monoisotopic (exact) mass is 184 g/mol. The van der Waals surface area contributed by atoms with Gasteiger partial charge < -0.3 is 10.2 Å². The van der Waals surface area contributed by atoms with E-state index >= 15 is 0 Å². The molecule has 0 saturated heterocycles. The molecule has 0 saturated carbocycles. The Hall–Kier alpha value is -0.520. The number of unbranched alkanes of at least 4 members (excludes halogenated alkanes) is 5. The zero-order valence-electron chi connectivity index (χ0n) is 8.26. The molecule has 2 N–H and O–H groups in total. The quantitative estimate of drug-likeness (QED) is 0.467. The Balaban J connectivity index is 3.02.